The van der Waals surface area contributed by atoms with Crippen molar-refractivity contribution in [3.8, 4) is 0 Å². The standard InChI is InChI=1S/C35H54N2O6S/c1-4-27-30-22-25(38)14-17-35(30,3)29-15-18-34(2)23(8-13-28(34)31(29)32(27)39)16-21-43-33(40)36-44(41,42)26-11-9-24(10-12-26)37-19-6-5-7-20-37/h9-12,23,25,27-32,38-39H,4-8,13-22H2,1-3H3,(H,36,40)/t23-,25-,27-,28+,29+,30+,31+,32-,34-,35-/m1/s1. The molecule has 1 aromatic rings. The summed E-state index contributed by atoms with van der Waals surface area (Å²) in [5.74, 6) is 2.16. The maximum atomic E-state index is 12.9. The van der Waals surface area contributed by atoms with Crippen LogP contribution in [0.25, 0.3) is 0 Å². The molecule has 5 aliphatic rings. The van der Waals surface area contributed by atoms with E-state index in [0.717, 1.165) is 83.0 Å². The van der Waals surface area contributed by atoms with Gasteiger partial charge in [0.05, 0.1) is 23.7 Å². The summed E-state index contributed by atoms with van der Waals surface area (Å²) in [5.41, 5.74) is 1.24. The number of ether oxygens (including phenoxy) is 1. The molecule has 1 aromatic carbocycles. The van der Waals surface area contributed by atoms with E-state index < -0.39 is 16.1 Å². The van der Waals surface area contributed by atoms with Gasteiger partial charge in [-0.2, -0.15) is 0 Å². The number of piperidine rings is 1. The third kappa shape index (κ3) is 5.68. The van der Waals surface area contributed by atoms with Crippen molar-refractivity contribution >= 4 is 21.8 Å². The minimum Gasteiger partial charge on any atom is -0.449 e. The monoisotopic (exact) mass is 630 g/mol. The second kappa shape index (κ2) is 12.4. The lowest BCUT2D eigenvalue weighted by atomic mass is 9.41. The predicted molar refractivity (Wildman–Crippen MR) is 171 cm³/mol. The predicted octanol–water partition coefficient (Wildman–Crippen LogP) is 6.11. The van der Waals surface area contributed by atoms with Gasteiger partial charge in [0.2, 0.25) is 0 Å². The largest absolute Gasteiger partial charge is 0.449 e. The molecule has 0 unspecified atom stereocenters. The topological polar surface area (TPSA) is 116 Å². The Balaban J connectivity index is 1.05. The van der Waals surface area contributed by atoms with Crippen LogP contribution in [-0.4, -0.2) is 56.6 Å². The number of rotatable bonds is 7. The van der Waals surface area contributed by atoms with Gasteiger partial charge in [-0.05, 0) is 141 Å². The molecule has 0 bridgehead atoms. The Hall–Kier alpha value is -1.84. The quantitative estimate of drug-likeness (QED) is 0.333. The highest BCUT2D eigenvalue weighted by atomic mass is 32.2. The minimum atomic E-state index is -4.02. The Labute approximate surface area is 264 Å². The van der Waals surface area contributed by atoms with Crippen LogP contribution >= 0.6 is 0 Å². The molecule has 246 valence electrons. The highest BCUT2D eigenvalue weighted by Gasteiger charge is 2.64. The summed E-state index contributed by atoms with van der Waals surface area (Å²) < 4.78 is 33.3. The molecule has 1 aliphatic heterocycles. The molecule has 3 N–H and O–H groups in total. The van der Waals surface area contributed by atoms with Crippen LogP contribution in [0.2, 0.25) is 0 Å². The van der Waals surface area contributed by atoms with Gasteiger partial charge in [0.15, 0.2) is 0 Å². The number of hydrogen-bond donors (Lipinski definition) is 3. The van der Waals surface area contributed by atoms with E-state index in [9.17, 15) is 23.4 Å². The third-order valence-corrected chi connectivity index (χ3v) is 14.7. The number of anilines is 1. The molecule has 6 rings (SSSR count). The molecular weight excluding hydrogens is 576 g/mol. The Bertz CT molecular complexity index is 1280. The number of aliphatic hydroxyl groups is 2. The first-order valence-electron chi connectivity index (χ1n) is 17.4. The lowest BCUT2D eigenvalue weighted by Gasteiger charge is -2.64. The van der Waals surface area contributed by atoms with Crippen molar-refractivity contribution in [2.45, 2.75) is 115 Å². The first-order chi connectivity index (χ1) is 21.0. The summed E-state index contributed by atoms with van der Waals surface area (Å²) in [4.78, 5) is 14.9. The lowest BCUT2D eigenvalue weighted by molar-refractivity contribution is -0.202. The number of nitrogens with one attached hydrogen (secondary N) is 1. The number of benzene rings is 1. The zero-order valence-electron chi connectivity index (χ0n) is 26.9. The molecule has 5 fully saturated rings. The number of hydrogen-bond acceptors (Lipinski definition) is 7. The molecule has 1 saturated heterocycles. The zero-order valence-corrected chi connectivity index (χ0v) is 27.7. The van der Waals surface area contributed by atoms with E-state index in [-0.39, 0.29) is 46.4 Å². The molecule has 1 amide bonds. The van der Waals surface area contributed by atoms with Crippen molar-refractivity contribution in [1.82, 2.24) is 4.72 Å². The number of carbonyl (C=O) groups excluding carboxylic acids is 1. The van der Waals surface area contributed by atoms with E-state index in [1.54, 1.807) is 24.3 Å². The molecule has 1 heterocycles. The summed E-state index contributed by atoms with van der Waals surface area (Å²) in [5, 5.41) is 22.4. The highest BCUT2D eigenvalue weighted by Crippen LogP contribution is 2.69. The van der Waals surface area contributed by atoms with Crippen molar-refractivity contribution in [2.75, 3.05) is 24.6 Å². The fourth-order valence-corrected chi connectivity index (χ4v) is 11.9. The van der Waals surface area contributed by atoms with Crippen molar-refractivity contribution < 1.29 is 28.2 Å². The number of amides is 1. The molecule has 0 spiro atoms. The second-order valence-corrected chi connectivity index (χ2v) is 17.0. The average molecular weight is 631 g/mol. The van der Waals surface area contributed by atoms with E-state index in [1.807, 2.05) is 0 Å². The van der Waals surface area contributed by atoms with Crippen LogP contribution in [0.5, 0.6) is 0 Å². The Morgan fingerprint density at radius 3 is 2.34 bits per heavy atom. The molecule has 9 heteroatoms. The number of nitrogens with zero attached hydrogens (tertiary/aromatic N) is 1. The maximum Gasteiger partial charge on any atom is 0.421 e. The van der Waals surface area contributed by atoms with Gasteiger partial charge in [-0.25, -0.2) is 17.9 Å². The zero-order chi connectivity index (χ0) is 31.3. The second-order valence-electron chi connectivity index (χ2n) is 15.3. The van der Waals surface area contributed by atoms with Gasteiger partial charge in [-0.15, -0.1) is 0 Å². The van der Waals surface area contributed by atoms with Gasteiger partial charge < -0.3 is 19.8 Å². The van der Waals surface area contributed by atoms with Crippen LogP contribution in [0, 0.1) is 46.3 Å². The van der Waals surface area contributed by atoms with Crippen LogP contribution in [0.4, 0.5) is 10.5 Å². The van der Waals surface area contributed by atoms with Gasteiger partial charge in [0.1, 0.15) is 0 Å². The van der Waals surface area contributed by atoms with Crippen molar-refractivity contribution in [3.63, 3.8) is 0 Å². The summed E-state index contributed by atoms with van der Waals surface area (Å²) in [7, 11) is -4.02. The molecule has 0 radical (unpaired) electrons. The first kappa shape index (κ1) is 32.1. The van der Waals surface area contributed by atoms with E-state index in [1.165, 1.54) is 6.42 Å². The van der Waals surface area contributed by atoms with Gasteiger partial charge in [-0.3, -0.25) is 0 Å². The van der Waals surface area contributed by atoms with Gasteiger partial charge in [-0.1, -0.05) is 27.2 Å². The van der Waals surface area contributed by atoms with Crippen molar-refractivity contribution in [2.24, 2.45) is 46.3 Å². The van der Waals surface area contributed by atoms with E-state index >= 15 is 0 Å². The molecule has 8 nitrogen and oxygen atoms in total. The highest BCUT2D eigenvalue weighted by molar-refractivity contribution is 7.90. The molecule has 4 saturated carbocycles. The summed E-state index contributed by atoms with van der Waals surface area (Å²) in [6.45, 7) is 9.16. The fourth-order valence-electron chi connectivity index (χ4n) is 11.0. The fraction of sp³-hybridized carbons (Fsp3) is 0.800. The molecule has 4 aliphatic carbocycles. The summed E-state index contributed by atoms with van der Waals surface area (Å²) in [6.07, 6.45) is 10.7. The Kier molecular flexibility index (Phi) is 9.05. The molecule has 44 heavy (non-hydrogen) atoms. The molecular formula is C35H54N2O6S. The van der Waals surface area contributed by atoms with Crippen molar-refractivity contribution in [3.05, 3.63) is 24.3 Å². The third-order valence-electron chi connectivity index (χ3n) is 13.4. The molecule has 0 aromatic heterocycles. The lowest BCUT2D eigenvalue weighted by Crippen LogP contribution is -2.62. The average Bonchev–Trinajstić information content (AvgIpc) is 3.34. The van der Waals surface area contributed by atoms with Crippen LogP contribution in [0.15, 0.2) is 29.2 Å². The number of carbonyl (C=O) groups is 1. The van der Waals surface area contributed by atoms with Crippen LogP contribution in [0.3, 0.4) is 0 Å². The van der Waals surface area contributed by atoms with Gasteiger partial charge in [0, 0.05) is 18.8 Å². The summed E-state index contributed by atoms with van der Waals surface area (Å²) in [6, 6.07) is 6.72. The van der Waals surface area contributed by atoms with Crippen LogP contribution in [-0.2, 0) is 14.8 Å². The van der Waals surface area contributed by atoms with Gasteiger partial charge in [0.25, 0.3) is 10.0 Å². The van der Waals surface area contributed by atoms with Crippen LogP contribution in [0.1, 0.15) is 97.8 Å². The van der Waals surface area contributed by atoms with E-state index in [2.05, 4.69) is 30.4 Å². The maximum absolute atomic E-state index is 12.9. The normalized spacial score (nSPS) is 40.4. The smallest absolute Gasteiger partial charge is 0.421 e. The minimum absolute atomic E-state index is 0.0537. The van der Waals surface area contributed by atoms with E-state index in [4.69, 9.17) is 4.74 Å². The number of fused-ring (bicyclic) bond motifs is 5. The van der Waals surface area contributed by atoms with Crippen LogP contribution < -0.4 is 9.62 Å². The first-order valence-corrected chi connectivity index (χ1v) is 18.9. The Morgan fingerprint density at radius 2 is 1.64 bits per heavy atom. The van der Waals surface area contributed by atoms with Gasteiger partial charge >= 0.3 is 6.09 Å². The summed E-state index contributed by atoms with van der Waals surface area (Å²) >= 11 is 0. The van der Waals surface area contributed by atoms with E-state index in [0.29, 0.717) is 30.1 Å². The Morgan fingerprint density at radius 1 is 0.955 bits per heavy atom. The molecule has 10 atom stereocenters. The number of sulfonamides is 1. The van der Waals surface area contributed by atoms with Crippen molar-refractivity contribution in [1.29, 1.82) is 0 Å². The SMILES string of the molecule is CC[C@H]1[C@@H](O)[C@@H]2[C@H](CC[C@]3(C)[C@@H](CCOC(=O)NS(=O)(=O)c4ccc(N5CCCCC5)cc4)CC[C@@H]23)[C@@]2(C)CC[C@@H](O)C[C@@H]12. The number of aliphatic hydroxyl groups excluding tert-OH is 2.